The molecule has 7 aromatic heterocycles. The molecule has 0 radical (unpaired) electrons. The van der Waals surface area contributed by atoms with Gasteiger partial charge in [0.1, 0.15) is 17.1 Å². The molecule has 12 heteroatoms. The van der Waals surface area contributed by atoms with E-state index in [4.69, 9.17) is 55.2 Å². The van der Waals surface area contributed by atoms with E-state index in [0.717, 1.165) is 65.5 Å². The van der Waals surface area contributed by atoms with Crippen LogP contribution in [0.4, 0.5) is 0 Å². The van der Waals surface area contributed by atoms with Gasteiger partial charge in [-0.15, -0.1) is 15.3 Å². The number of hydrogen-bond donors (Lipinski definition) is 0. The third kappa shape index (κ3) is 6.46. The van der Waals surface area contributed by atoms with E-state index in [1.165, 1.54) is 0 Å². The highest BCUT2D eigenvalue weighted by atomic mass is 15.1. The van der Waals surface area contributed by atoms with E-state index in [1.807, 2.05) is 152 Å². The van der Waals surface area contributed by atoms with Crippen LogP contribution in [0.1, 0.15) is 0 Å². The average molecular weight is 897 g/mol. The second-order valence-corrected chi connectivity index (χ2v) is 17.0. The van der Waals surface area contributed by atoms with Crippen LogP contribution in [-0.2, 0) is 0 Å². The van der Waals surface area contributed by atoms with Gasteiger partial charge in [0.25, 0.3) is 0 Å². The van der Waals surface area contributed by atoms with Crippen LogP contribution in [0.3, 0.4) is 0 Å². The molecule has 0 saturated carbocycles. The summed E-state index contributed by atoms with van der Waals surface area (Å²) >= 11 is 0. The van der Waals surface area contributed by atoms with Crippen molar-refractivity contribution in [2.75, 3.05) is 0 Å². The Morgan fingerprint density at radius 1 is 0.286 bits per heavy atom. The Morgan fingerprint density at radius 2 is 0.900 bits per heavy atom. The first kappa shape index (κ1) is 39.2. The van der Waals surface area contributed by atoms with Gasteiger partial charge in [-0.2, -0.15) is 5.10 Å². The van der Waals surface area contributed by atoms with Gasteiger partial charge in [0.15, 0.2) is 11.6 Å². The number of rotatable bonds is 6. The van der Waals surface area contributed by atoms with E-state index in [1.54, 1.807) is 12.4 Å². The van der Waals surface area contributed by atoms with Crippen LogP contribution in [0.15, 0.2) is 195 Å². The van der Waals surface area contributed by atoms with Gasteiger partial charge < -0.3 is 0 Å². The van der Waals surface area contributed by atoms with Crippen LogP contribution in [0.25, 0.3) is 144 Å². The van der Waals surface area contributed by atoms with Gasteiger partial charge in [-0.3, -0.25) is 4.98 Å². The van der Waals surface area contributed by atoms with E-state index in [9.17, 15) is 0 Å². The number of fused-ring (bicyclic) bond motifs is 7. The molecule has 0 bridgehead atoms. The van der Waals surface area contributed by atoms with Gasteiger partial charge in [-0.1, -0.05) is 115 Å². The normalized spacial score (nSPS) is 11.7. The lowest BCUT2D eigenvalue weighted by atomic mass is 9.84. The molecule has 7 aromatic carbocycles. The summed E-state index contributed by atoms with van der Waals surface area (Å²) in [5, 5.41) is 26.5. The van der Waals surface area contributed by atoms with E-state index < -0.39 is 0 Å². The summed E-state index contributed by atoms with van der Waals surface area (Å²) in [4.78, 5) is 42.1. The zero-order valence-electron chi connectivity index (χ0n) is 36.8. The molecule has 0 fully saturated rings. The molecule has 14 aromatic rings. The van der Waals surface area contributed by atoms with Gasteiger partial charge in [-0.05, 0) is 54.6 Å². The highest BCUT2D eigenvalue weighted by Gasteiger charge is 2.31. The summed E-state index contributed by atoms with van der Waals surface area (Å²) in [5.74, 6) is 0.831. The lowest BCUT2D eigenvalue weighted by Crippen LogP contribution is -2.06. The molecule has 14 rings (SSSR count). The van der Waals surface area contributed by atoms with Crippen LogP contribution in [0.5, 0.6) is 0 Å². The molecule has 0 aliphatic rings. The Bertz CT molecular complexity index is 4460. The molecule has 324 valence electrons. The minimum atomic E-state index is 0.375. The molecule has 0 aliphatic heterocycles. The van der Waals surface area contributed by atoms with Crippen LogP contribution in [0.2, 0.25) is 0 Å². The predicted octanol–water partition coefficient (Wildman–Crippen LogP) is 12.5. The second-order valence-electron chi connectivity index (χ2n) is 17.0. The molecule has 0 aliphatic carbocycles. The van der Waals surface area contributed by atoms with Gasteiger partial charge in [0, 0.05) is 77.7 Å². The predicted molar refractivity (Wildman–Crippen MR) is 275 cm³/mol. The summed E-state index contributed by atoms with van der Waals surface area (Å²) in [7, 11) is 0. The number of pyridine rings is 2. The van der Waals surface area contributed by atoms with Crippen molar-refractivity contribution in [1.29, 1.82) is 0 Å². The molecular formula is C58H32N12. The number of nitrogens with zero attached hydrogens (tertiary/aromatic N) is 12. The van der Waals surface area contributed by atoms with Crippen molar-refractivity contribution < 1.29 is 0 Å². The van der Waals surface area contributed by atoms with Crippen molar-refractivity contribution in [2.45, 2.75) is 0 Å². The minimum Gasteiger partial charge on any atom is -0.252 e. The third-order valence-electron chi connectivity index (χ3n) is 12.8. The maximum absolute atomic E-state index is 5.67. The van der Waals surface area contributed by atoms with Crippen molar-refractivity contribution in [1.82, 2.24) is 60.3 Å². The Labute approximate surface area is 397 Å². The maximum atomic E-state index is 5.67. The van der Waals surface area contributed by atoms with E-state index >= 15 is 0 Å². The first-order chi connectivity index (χ1) is 34.7. The second kappa shape index (κ2) is 15.9. The summed E-state index contributed by atoms with van der Waals surface area (Å²) in [6.45, 7) is 0. The fraction of sp³-hybridized carbons (Fsp3) is 0. The van der Waals surface area contributed by atoms with Crippen LogP contribution in [-0.4, -0.2) is 60.3 Å². The number of para-hydroxylation sites is 5. The van der Waals surface area contributed by atoms with Crippen LogP contribution < -0.4 is 0 Å². The highest BCUT2D eigenvalue weighted by molar-refractivity contribution is 6.21. The molecule has 12 nitrogen and oxygen atoms in total. The Morgan fingerprint density at radius 3 is 1.69 bits per heavy atom. The minimum absolute atomic E-state index is 0.375. The van der Waals surface area contributed by atoms with Crippen LogP contribution >= 0.6 is 0 Å². The smallest absolute Gasteiger partial charge is 0.179 e. The van der Waals surface area contributed by atoms with E-state index in [2.05, 4.69) is 35.4 Å². The van der Waals surface area contributed by atoms with Gasteiger partial charge in [0.2, 0.25) is 0 Å². The van der Waals surface area contributed by atoms with Crippen molar-refractivity contribution in [3.63, 3.8) is 0 Å². The zero-order valence-corrected chi connectivity index (χ0v) is 36.8. The van der Waals surface area contributed by atoms with E-state index in [-0.39, 0.29) is 0 Å². The summed E-state index contributed by atoms with van der Waals surface area (Å²) in [6, 6.07) is 56.2. The summed E-state index contributed by atoms with van der Waals surface area (Å²) < 4.78 is 0. The van der Waals surface area contributed by atoms with Gasteiger partial charge in [0.05, 0.1) is 62.6 Å². The van der Waals surface area contributed by atoms with Crippen molar-refractivity contribution >= 4 is 76.2 Å². The topological polar surface area (TPSA) is 155 Å². The summed E-state index contributed by atoms with van der Waals surface area (Å²) in [5.41, 5.74) is 10.6. The fourth-order valence-corrected chi connectivity index (χ4v) is 9.54. The zero-order chi connectivity index (χ0) is 46.1. The highest BCUT2D eigenvalue weighted by Crippen LogP contribution is 2.51. The lowest BCUT2D eigenvalue weighted by Gasteiger charge is -2.23. The third-order valence-corrected chi connectivity index (χ3v) is 12.8. The molecule has 0 saturated heterocycles. The lowest BCUT2D eigenvalue weighted by molar-refractivity contribution is 1.05. The van der Waals surface area contributed by atoms with Crippen molar-refractivity contribution in [2.24, 2.45) is 0 Å². The molecule has 0 amide bonds. The molecule has 0 N–H and O–H groups in total. The molecule has 0 atom stereocenters. The standard InChI is InChI=1S/C58H32N12/c1-6-18-38-35(15-1)31-62-70-55(38)53-50-40(54(49-32-59-46-23-11-12-24-47(46)64-49)67-56(53)58-61-30-37-17-5-9-21-43(37)66-58)28-39(45-26-25-33-13-2-7-19-41(33)63-45)51(57-60-29-36-16-4-8-20-42(36)65-57)52(50)48-27-34-14-3-10-22-44(34)68-69-48/h1-32H. The van der Waals surface area contributed by atoms with Crippen molar-refractivity contribution in [3.8, 4) is 68.1 Å². The first-order valence-corrected chi connectivity index (χ1v) is 22.7. The number of hydrogen-bond acceptors (Lipinski definition) is 12. The largest absolute Gasteiger partial charge is 0.252 e. The average Bonchev–Trinajstić information content (AvgIpc) is 3.43. The molecule has 0 spiro atoms. The van der Waals surface area contributed by atoms with Crippen LogP contribution in [0, 0.1) is 0 Å². The molecule has 0 unspecified atom stereocenters. The maximum Gasteiger partial charge on any atom is 0.179 e. The first-order valence-electron chi connectivity index (χ1n) is 22.7. The van der Waals surface area contributed by atoms with Crippen molar-refractivity contribution in [3.05, 3.63) is 195 Å². The van der Waals surface area contributed by atoms with Gasteiger partial charge in [-0.25, -0.2) is 34.9 Å². The Balaban J connectivity index is 1.26. The number of benzene rings is 7. The molecular weight excluding hydrogens is 865 g/mol. The Kier molecular flexibility index (Phi) is 8.89. The SMILES string of the molecule is c1ccc2nnc(-c3c(-c4ncc5ccccc5n4)c(-c4ccc5ccccc5n4)cc4c(-c5cnc6ccccc6n5)nc(-c5ncc6ccccc6n5)c(-c5nncc6ccccc56)c34)cc2c1. The fourth-order valence-electron chi connectivity index (χ4n) is 9.54. The monoisotopic (exact) mass is 896 g/mol. The number of aromatic nitrogens is 12. The molecule has 7 heterocycles. The van der Waals surface area contributed by atoms with E-state index in [0.29, 0.717) is 78.8 Å². The Hall–Kier alpha value is -9.94. The molecule has 70 heavy (non-hydrogen) atoms. The van der Waals surface area contributed by atoms with Gasteiger partial charge >= 0.3 is 0 Å². The quantitative estimate of drug-likeness (QED) is 0.156. The summed E-state index contributed by atoms with van der Waals surface area (Å²) in [6.07, 6.45) is 7.24.